The first-order valence-electron chi connectivity index (χ1n) is 13.3. The van der Waals surface area contributed by atoms with E-state index < -0.39 is 12.0 Å². The second-order valence-corrected chi connectivity index (χ2v) is 10.1. The normalized spacial score (nSPS) is 21.8. The third-order valence-electron chi connectivity index (χ3n) is 7.51. The van der Waals surface area contributed by atoms with E-state index in [2.05, 4.69) is 27.8 Å². The number of rotatable bonds is 9. The Labute approximate surface area is 217 Å². The molecule has 1 aliphatic carbocycles. The minimum atomic E-state index is -0.738. The van der Waals surface area contributed by atoms with Crippen molar-refractivity contribution < 1.29 is 24.2 Å². The number of hydrogen-bond acceptors (Lipinski definition) is 7. The van der Waals surface area contributed by atoms with Gasteiger partial charge in [-0.05, 0) is 50.2 Å². The van der Waals surface area contributed by atoms with E-state index in [1.165, 1.54) is 17.3 Å². The van der Waals surface area contributed by atoms with E-state index in [0.717, 1.165) is 32.1 Å². The van der Waals surface area contributed by atoms with Gasteiger partial charge in [-0.1, -0.05) is 24.3 Å². The van der Waals surface area contributed by atoms with Crippen LogP contribution in [-0.2, 0) is 17.6 Å². The zero-order chi connectivity index (χ0) is 25.8. The maximum atomic E-state index is 13.3. The number of ether oxygens (including phenoxy) is 2. The molecular weight excluding hydrogens is 472 g/mol. The number of fused-ring (bicyclic) bond motifs is 5. The highest BCUT2D eigenvalue weighted by molar-refractivity contribution is 5.99. The number of aliphatic hydroxyl groups is 1. The van der Waals surface area contributed by atoms with Gasteiger partial charge in [-0.3, -0.25) is 9.59 Å². The van der Waals surface area contributed by atoms with Crippen molar-refractivity contribution in [2.75, 3.05) is 32.8 Å². The fourth-order valence-corrected chi connectivity index (χ4v) is 5.53. The molecule has 0 saturated carbocycles. The number of benzene rings is 1. The molecule has 4 aliphatic rings. The molecule has 0 radical (unpaired) electrons. The average molecular weight is 509 g/mol. The predicted molar refractivity (Wildman–Crippen MR) is 138 cm³/mol. The smallest absolute Gasteiger partial charge is 0.273 e. The molecule has 3 N–H and O–H groups in total. The van der Waals surface area contributed by atoms with Crippen molar-refractivity contribution in [3.8, 4) is 5.75 Å². The van der Waals surface area contributed by atoms with Crippen LogP contribution in [-0.4, -0.2) is 83.9 Å². The molecule has 4 heterocycles. The first-order chi connectivity index (χ1) is 18.0. The van der Waals surface area contributed by atoms with Gasteiger partial charge in [0, 0.05) is 37.9 Å². The Morgan fingerprint density at radius 3 is 2.76 bits per heavy atom. The number of carbonyl (C=O) groups is 2. The maximum Gasteiger partial charge on any atom is 0.273 e. The lowest BCUT2D eigenvalue weighted by Crippen LogP contribution is -2.50. The summed E-state index contributed by atoms with van der Waals surface area (Å²) >= 11 is 0. The first kappa shape index (κ1) is 25.6. The highest BCUT2D eigenvalue weighted by Crippen LogP contribution is 2.28. The van der Waals surface area contributed by atoms with Crippen molar-refractivity contribution >= 4 is 11.8 Å². The average Bonchev–Trinajstić information content (AvgIpc) is 3.05. The Morgan fingerprint density at radius 1 is 1.22 bits per heavy atom. The summed E-state index contributed by atoms with van der Waals surface area (Å²) < 4.78 is 11.5. The van der Waals surface area contributed by atoms with Crippen LogP contribution in [0.1, 0.15) is 58.2 Å². The largest absolute Gasteiger partial charge is 0.493 e. The van der Waals surface area contributed by atoms with E-state index in [0.29, 0.717) is 32.1 Å². The summed E-state index contributed by atoms with van der Waals surface area (Å²) in [6.07, 6.45) is 5.54. The van der Waals surface area contributed by atoms with Gasteiger partial charge < -0.3 is 30.1 Å². The molecule has 1 aromatic carbocycles. The number of hydrogen-bond donors (Lipinski definition) is 3. The monoisotopic (exact) mass is 508 g/mol. The summed E-state index contributed by atoms with van der Waals surface area (Å²) in [6, 6.07) is 10.3. The van der Waals surface area contributed by atoms with Crippen LogP contribution in [0.3, 0.4) is 0 Å². The molecule has 3 aliphatic heterocycles. The first-order valence-corrected chi connectivity index (χ1v) is 13.3. The van der Waals surface area contributed by atoms with Crippen molar-refractivity contribution in [1.29, 1.82) is 0 Å². The van der Waals surface area contributed by atoms with Gasteiger partial charge in [0.05, 0.1) is 37.0 Å². The summed E-state index contributed by atoms with van der Waals surface area (Å²) in [5, 5.41) is 16.6. The molecule has 2 aromatic rings. The number of amides is 2. The van der Waals surface area contributed by atoms with Crippen molar-refractivity contribution in [2.45, 2.75) is 63.3 Å². The molecule has 3 atom stereocenters. The van der Waals surface area contributed by atoms with Gasteiger partial charge in [0.25, 0.3) is 11.8 Å². The van der Waals surface area contributed by atoms with Gasteiger partial charge in [-0.15, -0.1) is 0 Å². The molecule has 9 heteroatoms. The highest BCUT2D eigenvalue weighted by atomic mass is 16.5. The van der Waals surface area contributed by atoms with Gasteiger partial charge in [0.1, 0.15) is 11.4 Å². The number of morpholine rings is 1. The highest BCUT2D eigenvalue weighted by Gasteiger charge is 2.36. The molecule has 3 fully saturated rings. The molecule has 2 unspecified atom stereocenters. The van der Waals surface area contributed by atoms with E-state index >= 15 is 0 Å². The van der Waals surface area contributed by atoms with E-state index in [1.807, 2.05) is 24.0 Å². The third-order valence-corrected chi connectivity index (χ3v) is 7.51. The number of aliphatic hydroxyl groups excluding tert-OH is 1. The van der Waals surface area contributed by atoms with Crippen molar-refractivity contribution in [1.82, 2.24) is 20.5 Å². The Hall–Kier alpha value is -3.01. The molecule has 0 spiro atoms. The quantitative estimate of drug-likeness (QED) is 0.473. The molecule has 9 nitrogen and oxygen atoms in total. The van der Waals surface area contributed by atoms with Crippen LogP contribution in [0.25, 0.3) is 0 Å². The SMILES string of the molecule is CCOc1cc(C(=O)N2CC3CCCC2CO3)ncc1C(=O)NC[C@@H](O)CNC1Cc2ccccc2C1. The van der Waals surface area contributed by atoms with Gasteiger partial charge in [0.2, 0.25) is 0 Å². The Bertz CT molecular complexity index is 1100. The van der Waals surface area contributed by atoms with E-state index in [9.17, 15) is 14.7 Å². The molecule has 3 saturated heterocycles. The molecule has 1 aromatic heterocycles. The van der Waals surface area contributed by atoms with Crippen molar-refractivity contribution in [3.63, 3.8) is 0 Å². The number of aromatic nitrogens is 1. The zero-order valence-corrected chi connectivity index (χ0v) is 21.3. The number of carbonyl (C=O) groups excluding carboxylic acids is 2. The summed E-state index contributed by atoms with van der Waals surface area (Å²) in [7, 11) is 0. The fraction of sp³-hybridized carbons (Fsp3) is 0.536. The minimum absolute atomic E-state index is 0.0556. The fourth-order valence-electron chi connectivity index (χ4n) is 5.53. The van der Waals surface area contributed by atoms with E-state index in [1.54, 1.807) is 6.07 Å². The second-order valence-electron chi connectivity index (χ2n) is 10.1. The van der Waals surface area contributed by atoms with Gasteiger partial charge in [-0.25, -0.2) is 4.98 Å². The van der Waals surface area contributed by atoms with Gasteiger partial charge in [0.15, 0.2) is 0 Å². The minimum Gasteiger partial charge on any atom is -0.493 e. The van der Waals surface area contributed by atoms with Crippen molar-refractivity contribution in [3.05, 3.63) is 58.9 Å². The lowest BCUT2D eigenvalue weighted by molar-refractivity contribution is -0.0395. The number of pyridine rings is 1. The molecular formula is C28H36N4O5. The molecule has 2 bridgehead atoms. The summed E-state index contributed by atoms with van der Waals surface area (Å²) in [4.78, 5) is 32.3. The van der Waals surface area contributed by atoms with Gasteiger partial charge >= 0.3 is 0 Å². The Morgan fingerprint density at radius 2 is 2.00 bits per heavy atom. The summed E-state index contributed by atoms with van der Waals surface area (Å²) in [5.41, 5.74) is 3.19. The van der Waals surface area contributed by atoms with Crippen LogP contribution >= 0.6 is 0 Å². The van der Waals surface area contributed by atoms with Crippen LogP contribution in [0.5, 0.6) is 5.75 Å². The standard InChI is InChI=1S/C28H36N4O5/c1-2-36-26-12-25(28(35)32-16-23-9-5-8-21(32)17-37-23)30-15-24(26)27(34)31-14-22(33)13-29-20-10-18-6-3-4-7-19(18)11-20/h3-4,6-7,12,15,20-23,29,33H,2,5,8-11,13-14,16-17H2,1H3,(H,31,34)/t21?,22-,23?/m0/s1. The van der Waals surface area contributed by atoms with E-state index in [4.69, 9.17) is 9.47 Å². The Kier molecular flexibility index (Phi) is 8.02. The van der Waals surface area contributed by atoms with Crippen molar-refractivity contribution in [2.24, 2.45) is 0 Å². The molecule has 198 valence electrons. The van der Waals surface area contributed by atoms with Crippen LogP contribution in [0.4, 0.5) is 0 Å². The van der Waals surface area contributed by atoms with Crippen LogP contribution in [0, 0.1) is 0 Å². The predicted octanol–water partition coefficient (Wildman–Crippen LogP) is 1.72. The maximum absolute atomic E-state index is 13.3. The van der Waals surface area contributed by atoms with Crippen LogP contribution in [0.15, 0.2) is 36.5 Å². The lowest BCUT2D eigenvalue weighted by atomic mass is 10.1. The second kappa shape index (κ2) is 11.6. The topological polar surface area (TPSA) is 113 Å². The molecule has 37 heavy (non-hydrogen) atoms. The number of nitrogens with one attached hydrogen (secondary N) is 2. The van der Waals surface area contributed by atoms with Crippen LogP contribution < -0.4 is 15.4 Å². The Balaban J connectivity index is 1.16. The lowest BCUT2D eigenvalue weighted by Gasteiger charge is -2.36. The zero-order valence-electron chi connectivity index (χ0n) is 21.3. The molecule has 2 amide bonds. The summed E-state index contributed by atoms with van der Waals surface area (Å²) in [5.74, 6) is -0.251. The number of nitrogens with zero attached hydrogens (tertiary/aromatic N) is 2. The molecule has 6 rings (SSSR count). The van der Waals surface area contributed by atoms with Gasteiger partial charge in [-0.2, -0.15) is 0 Å². The van der Waals surface area contributed by atoms with E-state index in [-0.39, 0.29) is 41.9 Å². The summed E-state index contributed by atoms with van der Waals surface area (Å²) in [6.45, 7) is 3.76. The van der Waals surface area contributed by atoms with Crippen LogP contribution in [0.2, 0.25) is 0 Å². The third kappa shape index (κ3) is 5.95.